The van der Waals surface area contributed by atoms with Crippen LogP contribution < -0.4 is 16.3 Å². The number of hydrogen-bond donors (Lipinski definition) is 2. The van der Waals surface area contributed by atoms with Crippen LogP contribution in [0.15, 0.2) is 81.6 Å². The molecule has 0 saturated carbocycles. The zero-order valence-corrected chi connectivity index (χ0v) is 24.5. The maximum Gasteiger partial charge on any atom is 0.157 e. The molecule has 40 heavy (non-hydrogen) atoms. The standard InChI is InChI=1S/C31H38F2N4OS2/c1-39-28-6-2-23(3-7-28)30(24-18-25(32)20-26(33)19-24)12-16-37-14-10-22(11-15-37)13-17-40-29-8-4-27(5-9-29)38-21-31(34)36-35/h2-9,18-20,22,30H,10-17,21,35H2,1H3,(H2,34,36). The van der Waals surface area contributed by atoms with E-state index in [4.69, 9.17) is 16.3 Å². The molecule has 1 saturated heterocycles. The zero-order valence-electron chi connectivity index (χ0n) is 22.9. The van der Waals surface area contributed by atoms with Crippen molar-refractivity contribution >= 4 is 29.4 Å². The number of halogens is 2. The lowest BCUT2D eigenvalue weighted by Crippen LogP contribution is -2.35. The quantitative estimate of drug-likeness (QED) is 0.0764. The number of likely N-dealkylation sites (tertiary alicyclic amines) is 1. The fourth-order valence-electron chi connectivity index (χ4n) is 5.12. The second-order valence-electron chi connectivity index (χ2n) is 10.1. The smallest absolute Gasteiger partial charge is 0.157 e. The van der Waals surface area contributed by atoms with E-state index >= 15 is 0 Å². The van der Waals surface area contributed by atoms with Crippen LogP contribution >= 0.6 is 23.5 Å². The van der Waals surface area contributed by atoms with E-state index in [0.29, 0.717) is 5.56 Å². The predicted molar refractivity (Wildman–Crippen MR) is 163 cm³/mol. The SMILES string of the molecule is CSc1ccc(C(CCN2CCC(CCSc3ccc(OC/C(N)=N/N)cc3)CC2)c2cc(F)cc(F)c2)cc1. The van der Waals surface area contributed by atoms with Crippen LogP contribution in [0.4, 0.5) is 8.78 Å². The Kier molecular flexibility index (Phi) is 11.6. The van der Waals surface area contributed by atoms with E-state index in [1.165, 1.54) is 41.2 Å². The highest BCUT2D eigenvalue weighted by molar-refractivity contribution is 7.99. The van der Waals surface area contributed by atoms with Crippen LogP contribution in [-0.2, 0) is 0 Å². The molecule has 0 spiro atoms. The monoisotopic (exact) mass is 584 g/mol. The normalized spacial score (nSPS) is 15.7. The van der Waals surface area contributed by atoms with Crippen LogP contribution in [0.5, 0.6) is 5.75 Å². The minimum absolute atomic E-state index is 0.0434. The third kappa shape index (κ3) is 9.14. The van der Waals surface area contributed by atoms with Crippen LogP contribution in [-0.4, -0.2) is 49.0 Å². The molecule has 1 aliphatic heterocycles. The summed E-state index contributed by atoms with van der Waals surface area (Å²) in [7, 11) is 0. The van der Waals surface area contributed by atoms with Gasteiger partial charge in [0.05, 0.1) is 0 Å². The first-order valence-electron chi connectivity index (χ1n) is 13.6. The molecule has 0 aliphatic carbocycles. The molecule has 0 radical (unpaired) electrons. The zero-order chi connectivity index (χ0) is 28.3. The number of hydrazone groups is 1. The van der Waals surface area contributed by atoms with Crippen molar-refractivity contribution in [3.63, 3.8) is 0 Å². The molecule has 0 aromatic heterocycles. The van der Waals surface area contributed by atoms with Gasteiger partial charge >= 0.3 is 0 Å². The molecule has 1 unspecified atom stereocenters. The van der Waals surface area contributed by atoms with Gasteiger partial charge in [0.2, 0.25) is 0 Å². The van der Waals surface area contributed by atoms with E-state index in [2.05, 4.69) is 46.4 Å². The van der Waals surface area contributed by atoms with Crippen LogP contribution in [0.25, 0.3) is 0 Å². The second-order valence-corrected chi connectivity index (χ2v) is 12.2. The van der Waals surface area contributed by atoms with Gasteiger partial charge in [-0.1, -0.05) is 12.1 Å². The minimum Gasteiger partial charge on any atom is -0.486 e. The number of benzene rings is 3. The van der Waals surface area contributed by atoms with Crippen molar-refractivity contribution in [3.05, 3.63) is 89.5 Å². The number of amidine groups is 1. The van der Waals surface area contributed by atoms with Crippen molar-refractivity contribution in [2.75, 3.05) is 38.2 Å². The number of hydrogen-bond acceptors (Lipinski definition) is 6. The first-order chi connectivity index (χ1) is 19.4. The molecule has 1 atom stereocenters. The maximum absolute atomic E-state index is 14.1. The number of rotatable bonds is 13. The van der Waals surface area contributed by atoms with E-state index in [1.807, 2.05) is 30.2 Å². The van der Waals surface area contributed by atoms with Crippen molar-refractivity contribution < 1.29 is 13.5 Å². The van der Waals surface area contributed by atoms with Gasteiger partial charge in [-0.25, -0.2) is 8.78 Å². The fourth-order valence-corrected chi connectivity index (χ4v) is 6.54. The first-order valence-corrected chi connectivity index (χ1v) is 15.8. The van der Waals surface area contributed by atoms with E-state index < -0.39 is 11.6 Å². The number of nitrogens with zero attached hydrogens (tertiary/aromatic N) is 2. The van der Waals surface area contributed by atoms with Gasteiger partial charge in [-0.3, -0.25) is 0 Å². The Morgan fingerprint density at radius 2 is 1.62 bits per heavy atom. The number of thioether (sulfide) groups is 2. The summed E-state index contributed by atoms with van der Waals surface area (Å²) < 4.78 is 33.7. The molecule has 0 amide bonds. The largest absolute Gasteiger partial charge is 0.486 e. The highest BCUT2D eigenvalue weighted by Crippen LogP contribution is 2.32. The van der Waals surface area contributed by atoms with E-state index in [0.717, 1.165) is 55.1 Å². The maximum atomic E-state index is 14.1. The topological polar surface area (TPSA) is 76.9 Å². The molecule has 1 aliphatic rings. The van der Waals surface area contributed by atoms with Crippen LogP contribution in [0.3, 0.4) is 0 Å². The molecule has 4 N–H and O–H groups in total. The fraction of sp³-hybridized carbons (Fsp3) is 0.387. The molecular weight excluding hydrogens is 546 g/mol. The molecule has 0 bridgehead atoms. The molecule has 3 aromatic rings. The van der Waals surface area contributed by atoms with E-state index in [1.54, 1.807) is 11.8 Å². The summed E-state index contributed by atoms with van der Waals surface area (Å²) in [6.45, 7) is 3.21. The van der Waals surface area contributed by atoms with Gasteiger partial charge < -0.3 is 21.2 Å². The Labute approximate surface area is 244 Å². The molecule has 1 fully saturated rings. The van der Waals surface area contributed by atoms with Crippen LogP contribution in [0.1, 0.15) is 42.7 Å². The third-order valence-electron chi connectivity index (χ3n) is 7.42. The van der Waals surface area contributed by atoms with Gasteiger partial charge in [-0.2, -0.15) is 5.10 Å². The lowest BCUT2D eigenvalue weighted by Gasteiger charge is -2.33. The summed E-state index contributed by atoms with van der Waals surface area (Å²) >= 11 is 3.55. The van der Waals surface area contributed by atoms with Gasteiger partial charge in [-0.15, -0.1) is 23.5 Å². The molecule has 5 nitrogen and oxygen atoms in total. The Bertz CT molecular complexity index is 1210. The summed E-state index contributed by atoms with van der Waals surface area (Å²) in [4.78, 5) is 4.90. The Morgan fingerprint density at radius 3 is 2.25 bits per heavy atom. The highest BCUT2D eigenvalue weighted by Gasteiger charge is 2.22. The van der Waals surface area contributed by atoms with Gasteiger partial charge in [0, 0.05) is 21.8 Å². The Balaban J connectivity index is 1.23. The van der Waals surface area contributed by atoms with Crippen LogP contribution in [0, 0.1) is 17.6 Å². The third-order valence-corrected chi connectivity index (χ3v) is 9.21. The van der Waals surface area contributed by atoms with E-state index in [9.17, 15) is 8.78 Å². The summed E-state index contributed by atoms with van der Waals surface area (Å²) in [5, 5.41) is 3.40. The van der Waals surface area contributed by atoms with Gasteiger partial charge in [0.15, 0.2) is 5.84 Å². The first kappa shape index (κ1) is 30.2. The van der Waals surface area contributed by atoms with Crippen molar-refractivity contribution in [2.45, 2.75) is 41.4 Å². The van der Waals surface area contributed by atoms with E-state index in [-0.39, 0.29) is 18.4 Å². The molecule has 214 valence electrons. The molecular formula is C31H38F2N4OS2. The van der Waals surface area contributed by atoms with Gasteiger partial charge in [0.1, 0.15) is 24.0 Å². The predicted octanol–water partition coefficient (Wildman–Crippen LogP) is 6.71. The summed E-state index contributed by atoms with van der Waals surface area (Å²) in [5.41, 5.74) is 7.36. The van der Waals surface area contributed by atoms with Crippen molar-refractivity contribution in [1.29, 1.82) is 0 Å². The lowest BCUT2D eigenvalue weighted by molar-refractivity contribution is 0.179. The highest BCUT2D eigenvalue weighted by atomic mass is 32.2. The summed E-state index contributed by atoms with van der Waals surface area (Å²) in [5.74, 6) is 6.84. The number of ether oxygens (including phenoxy) is 1. The molecule has 9 heteroatoms. The van der Waals surface area contributed by atoms with Crippen molar-refractivity contribution in [1.82, 2.24) is 4.90 Å². The summed E-state index contributed by atoms with van der Waals surface area (Å²) in [6, 6.07) is 20.3. The number of nitrogens with two attached hydrogens (primary N) is 2. The van der Waals surface area contributed by atoms with Crippen molar-refractivity contribution in [2.24, 2.45) is 22.6 Å². The lowest BCUT2D eigenvalue weighted by atomic mass is 9.87. The molecule has 3 aromatic carbocycles. The number of piperidine rings is 1. The Morgan fingerprint density at radius 1 is 0.975 bits per heavy atom. The Hall–Kier alpha value is -2.75. The second kappa shape index (κ2) is 15.3. The average Bonchev–Trinajstić information content (AvgIpc) is 2.97. The summed E-state index contributed by atoms with van der Waals surface area (Å²) in [6.07, 6.45) is 6.42. The van der Waals surface area contributed by atoms with Gasteiger partial charge in [0.25, 0.3) is 0 Å². The van der Waals surface area contributed by atoms with Crippen molar-refractivity contribution in [3.8, 4) is 5.75 Å². The molecule has 1 heterocycles. The van der Waals surface area contributed by atoms with Crippen LogP contribution in [0.2, 0.25) is 0 Å². The van der Waals surface area contributed by atoms with Gasteiger partial charge in [-0.05, 0) is 123 Å². The minimum atomic E-state index is -0.522. The molecule has 4 rings (SSSR count). The average molecular weight is 585 g/mol.